The number of rotatable bonds is 4. The zero-order valence-corrected chi connectivity index (χ0v) is 14.9. The lowest BCUT2D eigenvalue weighted by molar-refractivity contribution is 0.416. The summed E-state index contributed by atoms with van der Waals surface area (Å²) in [5, 5.41) is 0.716. The molecule has 2 nitrogen and oxygen atoms in total. The molecule has 24 heavy (non-hydrogen) atoms. The molecule has 2 N–H and O–H groups in total. The van der Waals surface area contributed by atoms with Crippen molar-refractivity contribution in [2.75, 3.05) is 12.8 Å². The van der Waals surface area contributed by atoms with E-state index in [9.17, 15) is 0 Å². The van der Waals surface area contributed by atoms with Crippen LogP contribution in [-0.2, 0) is 6.42 Å². The van der Waals surface area contributed by atoms with Gasteiger partial charge < -0.3 is 10.5 Å². The minimum Gasteiger partial charge on any atom is -0.496 e. The van der Waals surface area contributed by atoms with Gasteiger partial charge in [0.2, 0.25) is 0 Å². The maximum absolute atomic E-state index is 6.12. The Bertz CT molecular complexity index is 816. The van der Waals surface area contributed by atoms with Gasteiger partial charge in [-0.15, -0.1) is 12.4 Å². The van der Waals surface area contributed by atoms with Crippen LogP contribution in [0.25, 0.3) is 11.1 Å². The van der Waals surface area contributed by atoms with E-state index in [0.717, 1.165) is 29.0 Å². The summed E-state index contributed by atoms with van der Waals surface area (Å²) < 4.78 is 5.50. The van der Waals surface area contributed by atoms with Crippen molar-refractivity contribution >= 4 is 29.7 Å². The Morgan fingerprint density at radius 1 is 0.917 bits per heavy atom. The molecule has 0 unspecified atom stereocenters. The highest BCUT2D eigenvalue weighted by atomic mass is 35.5. The molecular weight excluding hydrogens is 341 g/mol. The minimum atomic E-state index is 0. The first-order valence-corrected chi connectivity index (χ1v) is 7.81. The largest absolute Gasteiger partial charge is 0.496 e. The topological polar surface area (TPSA) is 35.2 Å². The van der Waals surface area contributed by atoms with E-state index < -0.39 is 0 Å². The molecule has 0 aliphatic heterocycles. The molecule has 0 heterocycles. The van der Waals surface area contributed by atoms with Crippen LogP contribution >= 0.6 is 24.0 Å². The van der Waals surface area contributed by atoms with Crippen LogP contribution in [0.4, 0.5) is 5.69 Å². The summed E-state index contributed by atoms with van der Waals surface area (Å²) in [6.07, 6.45) is 0.845. The number of hydrogen-bond acceptors (Lipinski definition) is 2. The third-order valence-electron chi connectivity index (χ3n) is 3.79. The van der Waals surface area contributed by atoms with Crippen molar-refractivity contribution in [3.05, 3.63) is 82.9 Å². The number of hydrogen-bond donors (Lipinski definition) is 1. The standard InChI is InChI=1S/C20H18ClNO.ClH/c1-23-20-10-7-15(11-14-5-8-18(22)9-6-14)12-19(20)16-3-2-4-17(21)13-16;/h2-10,12-13H,11,22H2,1H3;1H. The summed E-state index contributed by atoms with van der Waals surface area (Å²) in [4.78, 5) is 0. The summed E-state index contributed by atoms with van der Waals surface area (Å²) >= 11 is 6.12. The Morgan fingerprint density at radius 3 is 2.29 bits per heavy atom. The number of halogens is 2. The summed E-state index contributed by atoms with van der Waals surface area (Å²) in [6, 6.07) is 22.0. The van der Waals surface area contributed by atoms with E-state index >= 15 is 0 Å². The SMILES string of the molecule is COc1ccc(Cc2ccc(N)cc2)cc1-c1cccc(Cl)c1.Cl. The Kier molecular flexibility index (Phi) is 6.13. The van der Waals surface area contributed by atoms with Gasteiger partial charge in [-0.2, -0.15) is 0 Å². The number of anilines is 1. The van der Waals surface area contributed by atoms with Gasteiger partial charge >= 0.3 is 0 Å². The van der Waals surface area contributed by atoms with Crippen molar-refractivity contribution in [2.45, 2.75) is 6.42 Å². The molecule has 0 radical (unpaired) electrons. The Balaban J connectivity index is 0.00000208. The van der Waals surface area contributed by atoms with Crippen LogP contribution in [0, 0.1) is 0 Å². The van der Waals surface area contributed by atoms with Crippen molar-refractivity contribution in [1.82, 2.24) is 0 Å². The lowest BCUT2D eigenvalue weighted by Gasteiger charge is -2.12. The molecule has 3 aromatic rings. The van der Waals surface area contributed by atoms with E-state index in [-0.39, 0.29) is 12.4 Å². The first-order valence-electron chi connectivity index (χ1n) is 7.43. The summed E-state index contributed by atoms with van der Waals surface area (Å²) in [7, 11) is 1.68. The van der Waals surface area contributed by atoms with Gasteiger partial charge in [0, 0.05) is 16.3 Å². The first kappa shape index (κ1) is 18.2. The van der Waals surface area contributed by atoms with Gasteiger partial charge in [-0.05, 0) is 59.5 Å². The summed E-state index contributed by atoms with van der Waals surface area (Å²) in [6.45, 7) is 0. The molecule has 4 heteroatoms. The van der Waals surface area contributed by atoms with Gasteiger partial charge in [0.1, 0.15) is 5.75 Å². The van der Waals surface area contributed by atoms with Crippen LogP contribution in [0.3, 0.4) is 0 Å². The molecule has 0 aliphatic rings. The van der Waals surface area contributed by atoms with E-state index in [0.29, 0.717) is 5.02 Å². The Labute approximate surface area is 153 Å². The predicted octanol–water partition coefficient (Wildman–Crippen LogP) is 5.61. The van der Waals surface area contributed by atoms with Crippen LogP contribution in [0.1, 0.15) is 11.1 Å². The quantitative estimate of drug-likeness (QED) is 0.614. The van der Waals surface area contributed by atoms with Gasteiger partial charge in [-0.1, -0.05) is 41.9 Å². The maximum atomic E-state index is 6.12. The predicted molar refractivity (Wildman–Crippen MR) is 104 cm³/mol. The maximum Gasteiger partial charge on any atom is 0.126 e. The second-order valence-corrected chi connectivity index (χ2v) is 5.90. The monoisotopic (exact) mass is 359 g/mol. The molecule has 0 saturated heterocycles. The molecule has 0 aromatic heterocycles. The molecule has 0 saturated carbocycles. The molecule has 124 valence electrons. The van der Waals surface area contributed by atoms with Crippen molar-refractivity contribution in [3.8, 4) is 16.9 Å². The highest BCUT2D eigenvalue weighted by Gasteiger charge is 2.08. The number of nitrogens with two attached hydrogens (primary N) is 1. The van der Waals surface area contributed by atoms with E-state index in [1.54, 1.807) is 7.11 Å². The van der Waals surface area contributed by atoms with Crippen LogP contribution in [0.5, 0.6) is 5.75 Å². The molecular formula is C20H19Cl2NO. The highest BCUT2D eigenvalue weighted by molar-refractivity contribution is 6.30. The molecule has 0 aliphatic carbocycles. The lowest BCUT2D eigenvalue weighted by atomic mass is 9.98. The van der Waals surface area contributed by atoms with Crippen molar-refractivity contribution < 1.29 is 4.74 Å². The summed E-state index contributed by atoms with van der Waals surface area (Å²) in [5.41, 5.74) is 11.1. The van der Waals surface area contributed by atoms with Crippen molar-refractivity contribution in [3.63, 3.8) is 0 Å². The fourth-order valence-corrected chi connectivity index (χ4v) is 2.81. The highest BCUT2D eigenvalue weighted by Crippen LogP contribution is 2.32. The van der Waals surface area contributed by atoms with Crippen molar-refractivity contribution in [2.24, 2.45) is 0 Å². The number of benzene rings is 3. The number of nitrogen functional groups attached to an aromatic ring is 1. The zero-order chi connectivity index (χ0) is 16.2. The van der Waals surface area contributed by atoms with Gasteiger partial charge in [-0.3, -0.25) is 0 Å². The van der Waals surface area contributed by atoms with E-state index in [1.165, 1.54) is 11.1 Å². The summed E-state index contributed by atoms with van der Waals surface area (Å²) in [5.74, 6) is 0.841. The Hall–Kier alpha value is -2.16. The van der Waals surface area contributed by atoms with Gasteiger partial charge in [0.15, 0.2) is 0 Å². The third kappa shape index (κ3) is 4.22. The lowest BCUT2D eigenvalue weighted by Crippen LogP contribution is -1.93. The Morgan fingerprint density at radius 2 is 1.62 bits per heavy atom. The molecule has 3 aromatic carbocycles. The molecule has 0 amide bonds. The van der Waals surface area contributed by atoms with Crippen LogP contribution < -0.4 is 10.5 Å². The van der Waals surface area contributed by atoms with Gasteiger partial charge in [0.25, 0.3) is 0 Å². The van der Waals surface area contributed by atoms with Crippen molar-refractivity contribution in [1.29, 1.82) is 0 Å². The normalized spacial score (nSPS) is 10.1. The second kappa shape index (κ2) is 8.09. The molecule has 0 atom stereocenters. The van der Waals surface area contributed by atoms with Gasteiger partial charge in [0.05, 0.1) is 7.11 Å². The van der Waals surface area contributed by atoms with Gasteiger partial charge in [-0.25, -0.2) is 0 Å². The van der Waals surface area contributed by atoms with E-state index in [4.69, 9.17) is 22.1 Å². The number of ether oxygens (including phenoxy) is 1. The molecule has 0 fully saturated rings. The first-order chi connectivity index (χ1) is 11.2. The molecule has 0 bridgehead atoms. The van der Waals surface area contributed by atoms with Crippen LogP contribution in [0.15, 0.2) is 66.7 Å². The fraction of sp³-hybridized carbons (Fsp3) is 0.100. The third-order valence-corrected chi connectivity index (χ3v) is 4.02. The number of methoxy groups -OCH3 is 1. The minimum absolute atomic E-state index is 0. The van der Waals surface area contributed by atoms with Crippen LogP contribution in [0.2, 0.25) is 5.02 Å². The zero-order valence-electron chi connectivity index (χ0n) is 13.3. The van der Waals surface area contributed by atoms with E-state index in [1.807, 2.05) is 42.5 Å². The smallest absolute Gasteiger partial charge is 0.126 e. The molecule has 3 rings (SSSR count). The average Bonchev–Trinajstić information content (AvgIpc) is 2.57. The fourth-order valence-electron chi connectivity index (χ4n) is 2.62. The second-order valence-electron chi connectivity index (χ2n) is 5.46. The van der Waals surface area contributed by atoms with Crippen LogP contribution in [-0.4, -0.2) is 7.11 Å². The molecule has 0 spiro atoms. The van der Waals surface area contributed by atoms with E-state index in [2.05, 4.69) is 24.3 Å². The average molecular weight is 360 g/mol.